The lowest BCUT2D eigenvalue weighted by atomic mass is 10.1. The van der Waals surface area contributed by atoms with Crippen molar-refractivity contribution < 1.29 is 4.74 Å². The van der Waals surface area contributed by atoms with Crippen molar-refractivity contribution in [3.05, 3.63) is 12.8 Å². The van der Waals surface area contributed by atoms with Crippen LogP contribution in [0.1, 0.15) is 40.0 Å². The third-order valence-electron chi connectivity index (χ3n) is 2.20. The summed E-state index contributed by atoms with van der Waals surface area (Å²) in [5.41, 5.74) is 4.61. The Morgan fingerprint density at radius 3 is 2.19 bits per heavy atom. The molecule has 0 spiro atoms. The SMILES string of the molecule is C=CN.CC.CCOCCN1CCCCC1. The molecule has 1 aliphatic heterocycles. The van der Waals surface area contributed by atoms with Crippen LogP contribution in [0.3, 0.4) is 0 Å². The Morgan fingerprint density at radius 1 is 1.25 bits per heavy atom. The summed E-state index contributed by atoms with van der Waals surface area (Å²) in [6.07, 6.45) is 5.43. The maximum Gasteiger partial charge on any atom is 0.0593 e. The van der Waals surface area contributed by atoms with Crippen LogP contribution in [0.4, 0.5) is 0 Å². The van der Waals surface area contributed by atoms with Gasteiger partial charge in [0.05, 0.1) is 6.61 Å². The average Bonchev–Trinajstić information content (AvgIpc) is 2.34. The molecule has 0 unspecified atom stereocenters. The van der Waals surface area contributed by atoms with Gasteiger partial charge in [0.1, 0.15) is 0 Å². The highest BCUT2D eigenvalue weighted by Gasteiger charge is 2.08. The van der Waals surface area contributed by atoms with Gasteiger partial charge >= 0.3 is 0 Å². The second-order valence-electron chi connectivity index (χ2n) is 3.33. The third-order valence-corrected chi connectivity index (χ3v) is 2.20. The molecule has 0 radical (unpaired) electrons. The molecule has 0 bridgehead atoms. The first-order chi connectivity index (χ1) is 7.85. The molecule has 98 valence electrons. The molecule has 1 aliphatic rings. The van der Waals surface area contributed by atoms with E-state index in [9.17, 15) is 0 Å². The van der Waals surface area contributed by atoms with Crippen LogP contribution < -0.4 is 5.73 Å². The van der Waals surface area contributed by atoms with E-state index in [2.05, 4.69) is 24.1 Å². The molecule has 0 saturated carbocycles. The molecule has 0 aromatic heterocycles. The minimum absolute atomic E-state index is 0.855. The summed E-state index contributed by atoms with van der Waals surface area (Å²) >= 11 is 0. The molecular weight excluding hydrogens is 200 g/mol. The van der Waals surface area contributed by atoms with E-state index in [-0.39, 0.29) is 0 Å². The molecule has 0 aromatic carbocycles. The Bertz CT molecular complexity index is 123. The average molecular weight is 230 g/mol. The number of piperidine rings is 1. The quantitative estimate of drug-likeness (QED) is 0.755. The summed E-state index contributed by atoms with van der Waals surface area (Å²) in [4.78, 5) is 2.50. The predicted molar refractivity (Wildman–Crippen MR) is 72.5 cm³/mol. The number of nitrogens with two attached hydrogens (primary N) is 1. The Kier molecular flexibility index (Phi) is 18.8. The fraction of sp³-hybridized carbons (Fsp3) is 0.846. The maximum atomic E-state index is 5.29. The van der Waals surface area contributed by atoms with Gasteiger partial charge in [-0.05, 0) is 39.1 Å². The number of rotatable bonds is 4. The van der Waals surface area contributed by atoms with E-state index in [0.29, 0.717) is 0 Å². The lowest BCUT2D eigenvalue weighted by Gasteiger charge is -2.25. The molecule has 0 atom stereocenters. The van der Waals surface area contributed by atoms with E-state index in [1.54, 1.807) is 0 Å². The standard InChI is InChI=1S/C9H19NO.C2H5N.C2H6/c1-2-11-9-8-10-6-4-3-5-7-10;1-2-3;1-2/h2-9H2,1H3;2H,1,3H2;1-2H3. The topological polar surface area (TPSA) is 38.5 Å². The van der Waals surface area contributed by atoms with Crippen molar-refractivity contribution in [3.8, 4) is 0 Å². The minimum Gasteiger partial charge on any atom is -0.405 e. The smallest absolute Gasteiger partial charge is 0.0593 e. The van der Waals surface area contributed by atoms with Gasteiger partial charge in [-0.25, -0.2) is 0 Å². The Labute approximate surface area is 102 Å². The number of hydrogen-bond acceptors (Lipinski definition) is 3. The molecule has 1 rings (SSSR count). The van der Waals surface area contributed by atoms with Crippen molar-refractivity contribution in [2.45, 2.75) is 40.0 Å². The largest absolute Gasteiger partial charge is 0.405 e. The van der Waals surface area contributed by atoms with Crippen LogP contribution in [0.2, 0.25) is 0 Å². The fourth-order valence-corrected chi connectivity index (χ4v) is 1.52. The Hall–Kier alpha value is -0.540. The molecule has 1 saturated heterocycles. The maximum absolute atomic E-state index is 5.29. The van der Waals surface area contributed by atoms with Crippen LogP contribution in [0.25, 0.3) is 0 Å². The van der Waals surface area contributed by atoms with Gasteiger partial charge in [-0.1, -0.05) is 26.8 Å². The van der Waals surface area contributed by atoms with Crippen LogP contribution in [0.15, 0.2) is 12.8 Å². The molecule has 1 heterocycles. The van der Waals surface area contributed by atoms with E-state index in [4.69, 9.17) is 4.74 Å². The molecular formula is C13H30N2O. The number of ether oxygens (including phenoxy) is 1. The van der Waals surface area contributed by atoms with Crippen molar-refractivity contribution in [2.24, 2.45) is 5.73 Å². The number of hydrogen-bond donors (Lipinski definition) is 1. The lowest BCUT2D eigenvalue weighted by Crippen LogP contribution is -2.32. The van der Waals surface area contributed by atoms with Crippen LogP contribution in [-0.4, -0.2) is 37.7 Å². The normalized spacial score (nSPS) is 15.2. The molecule has 2 N–H and O–H groups in total. The number of likely N-dealkylation sites (tertiary alicyclic amines) is 1. The summed E-state index contributed by atoms with van der Waals surface area (Å²) < 4.78 is 5.29. The Balaban J connectivity index is 0. The summed E-state index contributed by atoms with van der Waals surface area (Å²) in [6, 6.07) is 0. The van der Waals surface area contributed by atoms with Crippen molar-refractivity contribution in [2.75, 3.05) is 32.8 Å². The summed E-state index contributed by atoms with van der Waals surface area (Å²) in [6.45, 7) is 14.7. The second kappa shape index (κ2) is 16.9. The highest BCUT2D eigenvalue weighted by Crippen LogP contribution is 2.07. The van der Waals surface area contributed by atoms with E-state index < -0.39 is 0 Å². The van der Waals surface area contributed by atoms with Gasteiger partial charge in [0.2, 0.25) is 0 Å². The first-order valence-corrected chi connectivity index (χ1v) is 6.47. The first kappa shape index (κ1) is 17.8. The fourth-order valence-electron chi connectivity index (χ4n) is 1.52. The zero-order valence-electron chi connectivity index (χ0n) is 11.4. The van der Waals surface area contributed by atoms with Crippen LogP contribution in [0.5, 0.6) is 0 Å². The van der Waals surface area contributed by atoms with Crippen LogP contribution >= 0.6 is 0 Å². The van der Waals surface area contributed by atoms with Crippen molar-refractivity contribution in [1.82, 2.24) is 4.90 Å². The van der Waals surface area contributed by atoms with Gasteiger partial charge in [0.25, 0.3) is 0 Å². The molecule has 3 heteroatoms. The van der Waals surface area contributed by atoms with Crippen molar-refractivity contribution in [1.29, 1.82) is 0 Å². The zero-order valence-corrected chi connectivity index (χ0v) is 11.4. The van der Waals surface area contributed by atoms with Crippen LogP contribution in [0, 0.1) is 0 Å². The van der Waals surface area contributed by atoms with Gasteiger partial charge in [-0.3, -0.25) is 0 Å². The monoisotopic (exact) mass is 230 g/mol. The first-order valence-electron chi connectivity index (χ1n) is 6.47. The van der Waals surface area contributed by atoms with Gasteiger partial charge in [0, 0.05) is 13.2 Å². The van der Waals surface area contributed by atoms with Crippen molar-refractivity contribution >= 4 is 0 Å². The van der Waals surface area contributed by atoms with E-state index in [1.165, 1.54) is 38.6 Å². The van der Waals surface area contributed by atoms with Crippen molar-refractivity contribution in [3.63, 3.8) is 0 Å². The zero-order chi connectivity index (χ0) is 12.6. The molecule has 0 amide bonds. The molecule has 3 nitrogen and oxygen atoms in total. The lowest BCUT2D eigenvalue weighted by molar-refractivity contribution is 0.105. The van der Waals surface area contributed by atoms with E-state index in [1.807, 2.05) is 13.8 Å². The summed E-state index contributed by atoms with van der Waals surface area (Å²) in [7, 11) is 0. The van der Waals surface area contributed by atoms with E-state index >= 15 is 0 Å². The van der Waals surface area contributed by atoms with Gasteiger partial charge in [-0.15, -0.1) is 0 Å². The highest BCUT2D eigenvalue weighted by atomic mass is 16.5. The highest BCUT2D eigenvalue weighted by molar-refractivity contribution is 4.63. The van der Waals surface area contributed by atoms with Crippen LogP contribution in [-0.2, 0) is 4.74 Å². The second-order valence-corrected chi connectivity index (χ2v) is 3.33. The Morgan fingerprint density at radius 2 is 1.75 bits per heavy atom. The van der Waals surface area contributed by atoms with Gasteiger partial charge in [0.15, 0.2) is 0 Å². The summed E-state index contributed by atoms with van der Waals surface area (Å²) in [5.74, 6) is 0. The van der Waals surface area contributed by atoms with Gasteiger partial charge in [-0.2, -0.15) is 0 Å². The van der Waals surface area contributed by atoms with Gasteiger partial charge < -0.3 is 15.4 Å². The van der Waals surface area contributed by atoms with E-state index in [0.717, 1.165) is 19.8 Å². The minimum atomic E-state index is 0.855. The predicted octanol–water partition coefficient (Wildman–Crippen LogP) is 2.62. The molecule has 0 aromatic rings. The number of nitrogens with zero attached hydrogens (tertiary/aromatic N) is 1. The summed E-state index contributed by atoms with van der Waals surface area (Å²) in [5, 5.41) is 0. The third kappa shape index (κ3) is 13.5. The molecule has 1 fully saturated rings. The molecule has 16 heavy (non-hydrogen) atoms. The molecule has 0 aliphatic carbocycles.